The van der Waals surface area contributed by atoms with E-state index in [9.17, 15) is 4.79 Å². The standard InChI is InChI=1S/C12H23N3O/c1-15(2)7-12(16)14-11-5-9-3-8(6-13)4-10(9)11/h8-11H,3-7,13H2,1-2H3,(H,14,16). The Labute approximate surface area is 97.6 Å². The summed E-state index contributed by atoms with van der Waals surface area (Å²) in [7, 11) is 3.84. The molecule has 2 saturated carbocycles. The van der Waals surface area contributed by atoms with Gasteiger partial charge in [-0.25, -0.2) is 0 Å². The predicted molar refractivity (Wildman–Crippen MR) is 63.9 cm³/mol. The molecule has 1 amide bonds. The summed E-state index contributed by atoms with van der Waals surface area (Å²) in [6, 6.07) is 0.425. The molecule has 2 fully saturated rings. The van der Waals surface area contributed by atoms with Crippen molar-refractivity contribution in [3.8, 4) is 0 Å². The Bertz CT molecular complexity index is 267. The van der Waals surface area contributed by atoms with Gasteiger partial charge in [0.2, 0.25) is 5.91 Å². The van der Waals surface area contributed by atoms with Crippen molar-refractivity contribution in [2.75, 3.05) is 27.2 Å². The maximum atomic E-state index is 11.6. The van der Waals surface area contributed by atoms with E-state index in [1.807, 2.05) is 19.0 Å². The van der Waals surface area contributed by atoms with Crippen LogP contribution in [0.15, 0.2) is 0 Å². The van der Waals surface area contributed by atoms with Crippen LogP contribution in [0.2, 0.25) is 0 Å². The molecule has 0 bridgehead atoms. The number of hydrogen-bond donors (Lipinski definition) is 2. The molecule has 3 N–H and O–H groups in total. The second-order valence-electron chi connectivity index (χ2n) is 5.64. The van der Waals surface area contributed by atoms with Crippen molar-refractivity contribution < 1.29 is 4.79 Å². The molecule has 0 heterocycles. The zero-order valence-corrected chi connectivity index (χ0v) is 10.3. The summed E-state index contributed by atoms with van der Waals surface area (Å²) < 4.78 is 0. The molecule has 0 aromatic carbocycles. The lowest BCUT2D eigenvalue weighted by atomic mass is 9.71. The maximum Gasteiger partial charge on any atom is 0.234 e. The zero-order valence-electron chi connectivity index (χ0n) is 10.3. The number of carbonyl (C=O) groups excluding carboxylic acids is 1. The molecule has 4 nitrogen and oxygen atoms in total. The monoisotopic (exact) mass is 225 g/mol. The Morgan fingerprint density at radius 2 is 2.12 bits per heavy atom. The fraction of sp³-hybridized carbons (Fsp3) is 0.917. The third-order valence-electron chi connectivity index (χ3n) is 4.06. The summed E-state index contributed by atoms with van der Waals surface area (Å²) >= 11 is 0. The van der Waals surface area contributed by atoms with Gasteiger partial charge in [-0.1, -0.05) is 0 Å². The first-order valence-electron chi connectivity index (χ1n) is 6.24. The van der Waals surface area contributed by atoms with Crippen LogP contribution in [0.4, 0.5) is 0 Å². The van der Waals surface area contributed by atoms with E-state index >= 15 is 0 Å². The number of likely N-dealkylation sites (N-methyl/N-ethyl adjacent to an activating group) is 1. The number of nitrogens with zero attached hydrogens (tertiary/aromatic N) is 1. The average molecular weight is 225 g/mol. The second kappa shape index (κ2) is 4.72. The third kappa shape index (κ3) is 2.38. The summed E-state index contributed by atoms with van der Waals surface area (Å²) in [4.78, 5) is 13.5. The fourth-order valence-electron chi connectivity index (χ4n) is 3.24. The fourth-order valence-corrected chi connectivity index (χ4v) is 3.24. The van der Waals surface area contributed by atoms with Crippen LogP contribution in [0, 0.1) is 17.8 Å². The van der Waals surface area contributed by atoms with E-state index < -0.39 is 0 Å². The van der Waals surface area contributed by atoms with Gasteiger partial charge < -0.3 is 16.0 Å². The van der Waals surface area contributed by atoms with Gasteiger partial charge in [-0.2, -0.15) is 0 Å². The first kappa shape index (κ1) is 11.9. The van der Waals surface area contributed by atoms with Crippen LogP contribution >= 0.6 is 0 Å². The Hall–Kier alpha value is -0.610. The number of amides is 1. The molecular formula is C12H23N3O. The van der Waals surface area contributed by atoms with Crippen molar-refractivity contribution in [1.82, 2.24) is 10.2 Å². The van der Waals surface area contributed by atoms with E-state index in [4.69, 9.17) is 5.73 Å². The highest BCUT2D eigenvalue weighted by atomic mass is 16.2. The van der Waals surface area contributed by atoms with Crippen molar-refractivity contribution in [3.63, 3.8) is 0 Å². The van der Waals surface area contributed by atoms with Crippen LogP contribution in [-0.2, 0) is 4.79 Å². The van der Waals surface area contributed by atoms with E-state index in [1.165, 1.54) is 19.3 Å². The SMILES string of the molecule is CN(C)CC(=O)NC1CC2CC(CN)CC21. The molecule has 92 valence electrons. The summed E-state index contributed by atoms with van der Waals surface area (Å²) in [5.41, 5.74) is 5.70. The number of hydrogen-bond acceptors (Lipinski definition) is 3. The van der Waals surface area contributed by atoms with Gasteiger partial charge in [0.1, 0.15) is 0 Å². The minimum Gasteiger partial charge on any atom is -0.352 e. The minimum atomic E-state index is 0.157. The lowest BCUT2D eigenvalue weighted by molar-refractivity contribution is -0.124. The van der Waals surface area contributed by atoms with E-state index in [0.29, 0.717) is 24.4 Å². The lowest BCUT2D eigenvalue weighted by Gasteiger charge is -2.41. The molecule has 0 aromatic heterocycles. The van der Waals surface area contributed by atoms with Gasteiger partial charge in [0, 0.05) is 6.04 Å². The zero-order chi connectivity index (χ0) is 11.7. The smallest absolute Gasteiger partial charge is 0.234 e. The molecule has 2 aliphatic carbocycles. The van der Waals surface area contributed by atoms with Crippen molar-refractivity contribution >= 4 is 5.91 Å². The molecule has 4 atom stereocenters. The molecule has 16 heavy (non-hydrogen) atoms. The van der Waals surface area contributed by atoms with E-state index in [0.717, 1.165) is 12.5 Å². The quantitative estimate of drug-likeness (QED) is 0.710. The highest BCUT2D eigenvalue weighted by Crippen LogP contribution is 2.49. The Kier molecular flexibility index (Phi) is 3.50. The van der Waals surface area contributed by atoms with Gasteiger partial charge >= 0.3 is 0 Å². The van der Waals surface area contributed by atoms with Crippen molar-refractivity contribution in [2.45, 2.75) is 25.3 Å². The van der Waals surface area contributed by atoms with Gasteiger partial charge in [-0.15, -0.1) is 0 Å². The highest BCUT2D eigenvalue weighted by Gasteiger charge is 2.47. The van der Waals surface area contributed by atoms with E-state index in [-0.39, 0.29) is 5.91 Å². The summed E-state index contributed by atoms with van der Waals surface area (Å²) in [5.74, 6) is 2.40. The molecule has 4 unspecified atom stereocenters. The second-order valence-corrected chi connectivity index (χ2v) is 5.64. The van der Waals surface area contributed by atoms with Crippen molar-refractivity contribution in [3.05, 3.63) is 0 Å². The van der Waals surface area contributed by atoms with Crippen LogP contribution in [0.25, 0.3) is 0 Å². The maximum absolute atomic E-state index is 11.6. The summed E-state index contributed by atoms with van der Waals surface area (Å²) in [6.45, 7) is 1.31. The number of nitrogens with one attached hydrogen (secondary N) is 1. The molecule has 0 aromatic rings. The molecule has 2 rings (SSSR count). The van der Waals surface area contributed by atoms with Gasteiger partial charge in [-0.3, -0.25) is 4.79 Å². The van der Waals surface area contributed by atoms with Crippen LogP contribution in [-0.4, -0.2) is 44.0 Å². The first-order chi connectivity index (χ1) is 7.60. The molecular weight excluding hydrogens is 202 g/mol. The topological polar surface area (TPSA) is 58.4 Å². The van der Waals surface area contributed by atoms with Crippen molar-refractivity contribution in [2.24, 2.45) is 23.5 Å². The Balaban J connectivity index is 1.76. The van der Waals surface area contributed by atoms with Crippen LogP contribution in [0.3, 0.4) is 0 Å². The Morgan fingerprint density at radius 3 is 2.75 bits per heavy atom. The van der Waals surface area contributed by atoms with Gasteiger partial charge in [0.25, 0.3) is 0 Å². The summed E-state index contributed by atoms with van der Waals surface area (Å²) in [6.07, 6.45) is 3.66. The molecule has 0 saturated heterocycles. The Morgan fingerprint density at radius 1 is 1.38 bits per heavy atom. The lowest BCUT2D eigenvalue weighted by Crippen LogP contribution is -2.52. The number of rotatable bonds is 4. The highest BCUT2D eigenvalue weighted by molar-refractivity contribution is 5.78. The van der Waals surface area contributed by atoms with Crippen LogP contribution in [0.1, 0.15) is 19.3 Å². The minimum absolute atomic E-state index is 0.157. The van der Waals surface area contributed by atoms with Crippen LogP contribution in [0.5, 0.6) is 0 Å². The molecule has 0 radical (unpaired) electrons. The third-order valence-corrected chi connectivity index (χ3v) is 4.06. The van der Waals surface area contributed by atoms with Gasteiger partial charge in [0.05, 0.1) is 6.54 Å². The largest absolute Gasteiger partial charge is 0.352 e. The van der Waals surface area contributed by atoms with Crippen molar-refractivity contribution in [1.29, 1.82) is 0 Å². The number of nitrogens with two attached hydrogens (primary N) is 1. The predicted octanol–water partition coefficient (Wildman–Crippen LogP) is 0.0376. The number of fused-ring (bicyclic) bond motifs is 1. The number of carbonyl (C=O) groups is 1. The molecule has 2 aliphatic rings. The van der Waals surface area contributed by atoms with Gasteiger partial charge in [-0.05, 0) is 57.7 Å². The summed E-state index contributed by atoms with van der Waals surface area (Å²) in [5, 5.41) is 3.14. The van der Waals surface area contributed by atoms with E-state index in [1.54, 1.807) is 0 Å². The molecule has 0 aliphatic heterocycles. The van der Waals surface area contributed by atoms with Gasteiger partial charge in [0.15, 0.2) is 0 Å². The average Bonchev–Trinajstić information content (AvgIpc) is 2.51. The van der Waals surface area contributed by atoms with E-state index in [2.05, 4.69) is 5.32 Å². The normalized spacial score (nSPS) is 37.0. The van der Waals surface area contributed by atoms with Crippen LogP contribution < -0.4 is 11.1 Å². The first-order valence-corrected chi connectivity index (χ1v) is 6.24. The molecule has 4 heteroatoms. The molecule has 0 spiro atoms.